The summed E-state index contributed by atoms with van der Waals surface area (Å²) < 4.78 is 5.47. The minimum absolute atomic E-state index is 0.429. The highest BCUT2D eigenvalue weighted by Gasteiger charge is 2.25. The number of pyridine rings is 1. The van der Waals surface area contributed by atoms with Gasteiger partial charge in [-0.1, -0.05) is 12.1 Å². The summed E-state index contributed by atoms with van der Waals surface area (Å²) in [5, 5.41) is 7.64. The Labute approximate surface area is 125 Å². The number of hydrogen-bond acceptors (Lipinski definition) is 5. The van der Waals surface area contributed by atoms with Gasteiger partial charge in [0.25, 0.3) is 0 Å². The van der Waals surface area contributed by atoms with Crippen molar-refractivity contribution in [1.82, 2.24) is 20.4 Å². The number of aromatic nitrogens is 3. The predicted octanol–water partition coefficient (Wildman–Crippen LogP) is 2.69. The smallest absolute Gasteiger partial charge is 0.229 e. The average molecular weight is 286 g/mol. The Hall–Kier alpha value is -1.75. The summed E-state index contributed by atoms with van der Waals surface area (Å²) in [5.74, 6) is 2.01. The van der Waals surface area contributed by atoms with E-state index in [1.165, 1.54) is 12.8 Å². The molecule has 5 heteroatoms. The molecule has 0 radical (unpaired) electrons. The second-order valence-corrected chi connectivity index (χ2v) is 5.69. The zero-order valence-electron chi connectivity index (χ0n) is 12.5. The molecule has 2 aromatic rings. The van der Waals surface area contributed by atoms with Crippen LogP contribution in [-0.4, -0.2) is 27.7 Å². The van der Waals surface area contributed by atoms with Crippen LogP contribution in [0.1, 0.15) is 55.8 Å². The first-order valence-corrected chi connectivity index (χ1v) is 7.80. The first-order chi connectivity index (χ1) is 10.3. The van der Waals surface area contributed by atoms with Gasteiger partial charge < -0.3 is 9.84 Å². The molecule has 1 N–H and O–H groups in total. The Bertz CT molecular complexity index is 546. The van der Waals surface area contributed by atoms with Gasteiger partial charge in [0.1, 0.15) is 0 Å². The second kappa shape index (κ2) is 6.80. The highest BCUT2D eigenvalue weighted by atomic mass is 16.5. The van der Waals surface area contributed by atoms with E-state index in [0.717, 1.165) is 36.7 Å². The van der Waals surface area contributed by atoms with E-state index < -0.39 is 0 Å². The van der Waals surface area contributed by atoms with Gasteiger partial charge in [-0.15, -0.1) is 0 Å². The number of nitrogens with zero attached hydrogens (tertiary/aromatic N) is 3. The van der Waals surface area contributed by atoms with Crippen molar-refractivity contribution in [1.29, 1.82) is 0 Å². The van der Waals surface area contributed by atoms with Gasteiger partial charge in [-0.25, -0.2) is 0 Å². The van der Waals surface area contributed by atoms with Gasteiger partial charge >= 0.3 is 0 Å². The van der Waals surface area contributed by atoms with Gasteiger partial charge in [-0.05, 0) is 49.9 Å². The van der Waals surface area contributed by atoms with E-state index in [0.29, 0.717) is 18.4 Å². The molecular weight excluding hydrogens is 264 g/mol. The van der Waals surface area contributed by atoms with Crippen molar-refractivity contribution in [2.75, 3.05) is 6.54 Å². The molecule has 0 bridgehead atoms. The van der Waals surface area contributed by atoms with E-state index in [4.69, 9.17) is 4.52 Å². The maximum absolute atomic E-state index is 5.47. The molecule has 0 unspecified atom stereocenters. The van der Waals surface area contributed by atoms with Crippen molar-refractivity contribution < 1.29 is 4.52 Å². The lowest BCUT2D eigenvalue weighted by molar-refractivity contribution is 0.284. The van der Waals surface area contributed by atoms with Gasteiger partial charge in [-0.3, -0.25) is 4.98 Å². The van der Waals surface area contributed by atoms with Gasteiger partial charge in [0.05, 0.1) is 0 Å². The molecule has 0 atom stereocenters. The van der Waals surface area contributed by atoms with Crippen LogP contribution in [0.2, 0.25) is 0 Å². The first-order valence-electron chi connectivity index (χ1n) is 7.80. The van der Waals surface area contributed by atoms with E-state index in [1.807, 2.05) is 12.1 Å². The van der Waals surface area contributed by atoms with Crippen molar-refractivity contribution in [3.8, 4) is 0 Å². The van der Waals surface area contributed by atoms with Crippen LogP contribution in [0.25, 0.3) is 0 Å². The van der Waals surface area contributed by atoms with E-state index >= 15 is 0 Å². The van der Waals surface area contributed by atoms with Gasteiger partial charge in [0.2, 0.25) is 5.89 Å². The Balaban J connectivity index is 1.58. The minimum atomic E-state index is 0.429. The number of nitrogens with one attached hydrogen (secondary N) is 1. The molecule has 5 nitrogen and oxygen atoms in total. The lowest BCUT2D eigenvalue weighted by Crippen LogP contribution is -2.32. The highest BCUT2D eigenvalue weighted by molar-refractivity contribution is 5.15. The molecule has 21 heavy (non-hydrogen) atoms. The molecule has 112 valence electrons. The molecule has 0 spiro atoms. The standard InChI is InChI=1S/C16H22N4O/c1-2-18-14-5-3-13(4-6-14)16-19-15(20-21-16)11-12-7-9-17-10-8-12/h7-10,13-14,18H,2-6,11H2,1H3. The fourth-order valence-electron chi connectivity index (χ4n) is 3.02. The summed E-state index contributed by atoms with van der Waals surface area (Å²) in [5.41, 5.74) is 1.16. The molecule has 1 saturated carbocycles. The van der Waals surface area contributed by atoms with Crippen molar-refractivity contribution in [3.63, 3.8) is 0 Å². The minimum Gasteiger partial charge on any atom is -0.339 e. The van der Waals surface area contributed by atoms with Gasteiger partial charge in [-0.2, -0.15) is 4.98 Å². The van der Waals surface area contributed by atoms with E-state index in [9.17, 15) is 0 Å². The lowest BCUT2D eigenvalue weighted by Gasteiger charge is -2.26. The van der Waals surface area contributed by atoms with Crippen LogP contribution >= 0.6 is 0 Å². The van der Waals surface area contributed by atoms with Crippen molar-refractivity contribution in [2.45, 2.75) is 51.0 Å². The number of hydrogen-bond donors (Lipinski definition) is 1. The molecule has 0 amide bonds. The fourth-order valence-corrected chi connectivity index (χ4v) is 3.02. The summed E-state index contributed by atoms with van der Waals surface area (Å²) in [6.07, 6.45) is 8.94. The summed E-state index contributed by atoms with van der Waals surface area (Å²) in [6.45, 7) is 3.21. The zero-order valence-corrected chi connectivity index (χ0v) is 12.5. The second-order valence-electron chi connectivity index (χ2n) is 5.69. The summed E-state index contributed by atoms with van der Waals surface area (Å²) in [4.78, 5) is 8.60. The van der Waals surface area contributed by atoms with Crippen LogP contribution < -0.4 is 5.32 Å². The fraction of sp³-hybridized carbons (Fsp3) is 0.562. The third-order valence-electron chi connectivity index (χ3n) is 4.16. The van der Waals surface area contributed by atoms with Crippen molar-refractivity contribution in [2.24, 2.45) is 0 Å². The molecule has 0 aliphatic heterocycles. The summed E-state index contributed by atoms with van der Waals surface area (Å²) in [7, 11) is 0. The molecule has 1 fully saturated rings. The lowest BCUT2D eigenvalue weighted by atomic mass is 9.86. The Kier molecular flexibility index (Phi) is 4.60. The molecule has 1 aliphatic carbocycles. The van der Waals surface area contributed by atoms with Crippen LogP contribution in [0.4, 0.5) is 0 Å². The van der Waals surface area contributed by atoms with Gasteiger partial charge in [0, 0.05) is 30.8 Å². The molecule has 3 rings (SSSR count). The van der Waals surface area contributed by atoms with E-state index in [-0.39, 0.29) is 0 Å². The monoisotopic (exact) mass is 286 g/mol. The Morgan fingerprint density at radius 3 is 2.67 bits per heavy atom. The topological polar surface area (TPSA) is 63.8 Å². The molecular formula is C16H22N4O. The third kappa shape index (κ3) is 3.67. The molecule has 1 aliphatic rings. The molecule has 0 saturated heterocycles. The van der Waals surface area contributed by atoms with Crippen LogP contribution in [-0.2, 0) is 6.42 Å². The normalized spacial score (nSPS) is 22.3. The summed E-state index contributed by atoms with van der Waals surface area (Å²) >= 11 is 0. The molecule has 2 aromatic heterocycles. The van der Waals surface area contributed by atoms with Crippen LogP contribution in [0, 0.1) is 0 Å². The van der Waals surface area contributed by atoms with Crippen molar-refractivity contribution >= 4 is 0 Å². The highest BCUT2D eigenvalue weighted by Crippen LogP contribution is 2.32. The predicted molar refractivity (Wildman–Crippen MR) is 80.0 cm³/mol. The summed E-state index contributed by atoms with van der Waals surface area (Å²) in [6, 6.07) is 4.63. The van der Waals surface area contributed by atoms with Gasteiger partial charge in [0.15, 0.2) is 5.82 Å². The Morgan fingerprint density at radius 1 is 1.19 bits per heavy atom. The SMILES string of the molecule is CCNC1CCC(c2nc(Cc3ccncc3)no2)CC1. The third-order valence-corrected chi connectivity index (χ3v) is 4.16. The largest absolute Gasteiger partial charge is 0.339 e. The maximum atomic E-state index is 5.47. The van der Waals surface area contributed by atoms with E-state index in [2.05, 4.69) is 27.4 Å². The zero-order chi connectivity index (χ0) is 14.5. The van der Waals surface area contributed by atoms with Crippen LogP contribution in [0.3, 0.4) is 0 Å². The van der Waals surface area contributed by atoms with Crippen LogP contribution in [0.5, 0.6) is 0 Å². The number of rotatable bonds is 5. The van der Waals surface area contributed by atoms with Crippen LogP contribution in [0.15, 0.2) is 29.0 Å². The average Bonchev–Trinajstić information content (AvgIpc) is 2.98. The van der Waals surface area contributed by atoms with E-state index in [1.54, 1.807) is 12.4 Å². The Morgan fingerprint density at radius 2 is 1.95 bits per heavy atom. The quantitative estimate of drug-likeness (QED) is 0.915. The maximum Gasteiger partial charge on any atom is 0.229 e. The van der Waals surface area contributed by atoms with Crippen molar-refractivity contribution in [3.05, 3.63) is 41.8 Å². The molecule has 0 aromatic carbocycles. The first kappa shape index (κ1) is 14.2. The molecule has 2 heterocycles.